The second kappa shape index (κ2) is 6.63. The quantitative estimate of drug-likeness (QED) is 0.776. The first-order chi connectivity index (χ1) is 9.82. The highest BCUT2D eigenvalue weighted by Crippen LogP contribution is 2.25. The van der Waals surface area contributed by atoms with Gasteiger partial charge in [-0.1, -0.05) is 0 Å². The van der Waals surface area contributed by atoms with Crippen LogP contribution in [0.25, 0.3) is 0 Å². The first-order valence-electron chi connectivity index (χ1n) is 8.31. The molecule has 5 heteroatoms. The summed E-state index contributed by atoms with van der Waals surface area (Å²) in [7, 11) is 0. The van der Waals surface area contributed by atoms with Crippen molar-refractivity contribution in [3.63, 3.8) is 0 Å². The highest BCUT2D eigenvalue weighted by Gasteiger charge is 2.37. The zero-order valence-electron chi connectivity index (χ0n) is 13.9. The molecule has 0 aromatic heterocycles. The van der Waals surface area contributed by atoms with Crippen LogP contribution in [0, 0.1) is 0 Å². The Morgan fingerprint density at radius 2 is 2.14 bits per heavy atom. The average molecular weight is 297 g/mol. The monoisotopic (exact) mass is 297 g/mol. The molecule has 0 aromatic rings. The van der Waals surface area contributed by atoms with E-state index in [0.29, 0.717) is 18.5 Å². The molecule has 2 saturated heterocycles. The van der Waals surface area contributed by atoms with E-state index < -0.39 is 11.5 Å². The lowest BCUT2D eigenvalue weighted by molar-refractivity contribution is -0.145. The van der Waals surface area contributed by atoms with E-state index >= 15 is 0 Å². The summed E-state index contributed by atoms with van der Waals surface area (Å²) in [6, 6.07) is 1.39. The van der Waals surface area contributed by atoms with Gasteiger partial charge in [0.2, 0.25) is 0 Å². The maximum absolute atomic E-state index is 11.6. The Balaban J connectivity index is 1.92. The van der Waals surface area contributed by atoms with Crippen LogP contribution in [0.15, 0.2) is 0 Å². The van der Waals surface area contributed by atoms with Gasteiger partial charge in [0.1, 0.15) is 5.54 Å². The molecule has 122 valence electrons. The lowest BCUT2D eigenvalue weighted by Crippen LogP contribution is -2.58. The molecule has 0 spiro atoms. The predicted octanol–water partition coefficient (Wildman–Crippen LogP) is 1.39. The largest absolute Gasteiger partial charge is 0.480 e. The zero-order chi connectivity index (χ0) is 15.6. The molecular formula is C16H31N3O2. The maximum Gasteiger partial charge on any atom is 0.323 e. The number of nitrogens with one attached hydrogen (secondary N) is 1. The van der Waals surface area contributed by atoms with Crippen LogP contribution in [0.3, 0.4) is 0 Å². The molecule has 2 aliphatic heterocycles. The first-order valence-corrected chi connectivity index (χ1v) is 8.31. The Labute approximate surface area is 128 Å². The van der Waals surface area contributed by atoms with E-state index in [2.05, 4.69) is 22.0 Å². The number of carboxylic acids is 1. The molecule has 21 heavy (non-hydrogen) atoms. The summed E-state index contributed by atoms with van der Waals surface area (Å²) in [6.07, 6.45) is 3.26. The van der Waals surface area contributed by atoms with Gasteiger partial charge < -0.3 is 5.11 Å². The van der Waals surface area contributed by atoms with Gasteiger partial charge in [-0.2, -0.15) is 0 Å². The summed E-state index contributed by atoms with van der Waals surface area (Å²) < 4.78 is 0. The molecule has 3 unspecified atom stereocenters. The van der Waals surface area contributed by atoms with Crippen molar-refractivity contribution in [2.24, 2.45) is 0 Å². The van der Waals surface area contributed by atoms with Gasteiger partial charge in [0.05, 0.1) is 0 Å². The average Bonchev–Trinajstić information content (AvgIpc) is 2.81. The van der Waals surface area contributed by atoms with Crippen molar-refractivity contribution >= 4 is 5.97 Å². The highest BCUT2D eigenvalue weighted by molar-refractivity contribution is 5.78. The number of carboxylic acid groups (broad SMARTS) is 1. The lowest BCUT2D eigenvalue weighted by atomic mass is 9.95. The van der Waals surface area contributed by atoms with Crippen LogP contribution in [0.1, 0.15) is 47.0 Å². The predicted molar refractivity (Wildman–Crippen MR) is 84.6 cm³/mol. The molecule has 0 bridgehead atoms. The normalized spacial score (nSPS) is 30.3. The van der Waals surface area contributed by atoms with Gasteiger partial charge in [-0.15, -0.1) is 0 Å². The summed E-state index contributed by atoms with van der Waals surface area (Å²) in [6.45, 7) is 12.4. The van der Waals surface area contributed by atoms with Crippen molar-refractivity contribution in [1.82, 2.24) is 15.1 Å². The molecule has 2 fully saturated rings. The number of hydrogen-bond donors (Lipinski definition) is 2. The molecule has 0 aromatic carbocycles. The van der Waals surface area contributed by atoms with Gasteiger partial charge in [-0.25, -0.2) is 0 Å². The number of carbonyl (C=O) groups is 1. The molecule has 2 rings (SSSR count). The van der Waals surface area contributed by atoms with Crippen LogP contribution in [-0.2, 0) is 4.79 Å². The Bertz CT molecular complexity index is 375. The summed E-state index contributed by atoms with van der Waals surface area (Å²) in [5.41, 5.74) is -0.833. The van der Waals surface area contributed by atoms with E-state index in [9.17, 15) is 9.90 Å². The second-order valence-electron chi connectivity index (χ2n) is 7.32. The van der Waals surface area contributed by atoms with Gasteiger partial charge >= 0.3 is 5.97 Å². The summed E-state index contributed by atoms with van der Waals surface area (Å²) in [5.74, 6) is -0.747. The summed E-state index contributed by atoms with van der Waals surface area (Å²) in [5, 5.41) is 12.8. The fraction of sp³-hybridized carbons (Fsp3) is 0.938. The Morgan fingerprint density at radius 1 is 1.43 bits per heavy atom. The zero-order valence-corrected chi connectivity index (χ0v) is 13.9. The van der Waals surface area contributed by atoms with E-state index in [1.54, 1.807) is 0 Å². The van der Waals surface area contributed by atoms with Gasteiger partial charge in [0.15, 0.2) is 0 Å². The number of hydrogen-bond acceptors (Lipinski definition) is 4. The van der Waals surface area contributed by atoms with Gasteiger partial charge in [0.25, 0.3) is 0 Å². The molecule has 0 saturated carbocycles. The van der Waals surface area contributed by atoms with E-state index in [0.717, 1.165) is 19.6 Å². The van der Waals surface area contributed by atoms with Crippen molar-refractivity contribution in [2.45, 2.75) is 70.6 Å². The SMILES string of the molecule is CC(C)NC(C)(CCN1CC2CCCN2CC1C)C(=O)O. The van der Waals surface area contributed by atoms with Crippen LogP contribution in [0.4, 0.5) is 0 Å². The number of fused-ring (bicyclic) bond motifs is 1. The van der Waals surface area contributed by atoms with Crippen molar-refractivity contribution in [3.8, 4) is 0 Å². The third kappa shape index (κ3) is 3.96. The number of rotatable bonds is 6. The molecule has 2 heterocycles. The smallest absolute Gasteiger partial charge is 0.323 e. The van der Waals surface area contributed by atoms with Gasteiger partial charge in [-0.3, -0.25) is 19.9 Å². The maximum atomic E-state index is 11.6. The van der Waals surface area contributed by atoms with Crippen molar-refractivity contribution in [2.75, 3.05) is 26.2 Å². The van der Waals surface area contributed by atoms with Crippen LogP contribution in [-0.4, -0.2) is 70.7 Å². The van der Waals surface area contributed by atoms with E-state index in [-0.39, 0.29) is 6.04 Å². The van der Waals surface area contributed by atoms with Crippen LogP contribution in [0.2, 0.25) is 0 Å². The second-order valence-corrected chi connectivity index (χ2v) is 7.32. The number of nitrogens with zero attached hydrogens (tertiary/aromatic N) is 2. The minimum Gasteiger partial charge on any atom is -0.480 e. The molecule has 0 radical (unpaired) electrons. The Kier molecular flexibility index (Phi) is 5.28. The molecule has 0 aliphatic carbocycles. The molecule has 2 N–H and O–H groups in total. The standard InChI is InChI=1S/C16H31N3O2/c1-12(2)17-16(4,15(20)21)7-9-18-11-14-6-5-8-19(14)10-13(18)3/h12-14,17H,5-11H2,1-4H3,(H,20,21). The molecule has 2 aliphatic rings. The highest BCUT2D eigenvalue weighted by atomic mass is 16.4. The van der Waals surface area contributed by atoms with Crippen LogP contribution < -0.4 is 5.32 Å². The summed E-state index contributed by atoms with van der Waals surface area (Å²) in [4.78, 5) is 16.7. The van der Waals surface area contributed by atoms with E-state index in [1.165, 1.54) is 19.4 Å². The molecular weight excluding hydrogens is 266 g/mol. The van der Waals surface area contributed by atoms with Crippen LogP contribution >= 0.6 is 0 Å². The van der Waals surface area contributed by atoms with Crippen molar-refractivity contribution < 1.29 is 9.90 Å². The van der Waals surface area contributed by atoms with Crippen molar-refractivity contribution in [1.29, 1.82) is 0 Å². The number of aliphatic carboxylic acids is 1. The Hall–Kier alpha value is -0.650. The molecule has 0 amide bonds. The minimum atomic E-state index is -0.833. The van der Waals surface area contributed by atoms with Gasteiger partial charge in [-0.05, 0) is 53.5 Å². The fourth-order valence-corrected chi connectivity index (χ4v) is 3.80. The third-order valence-electron chi connectivity index (χ3n) is 5.04. The topological polar surface area (TPSA) is 55.8 Å². The van der Waals surface area contributed by atoms with E-state index in [1.807, 2.05) is 20.8 Å². The van der Waals surface area contributed by atoms with Crippen LogP contribution in [0.5, 0.6) is 0 Å². The van der Waals surface area contributed by atoms with Gasteiger partial charge in [0, 0.05) is 37.8 Å². The summed E-state index contributed by atoms with van der Waals surface area (Å²) >= 11 is 0. The van der Waals surface area contributed by atoms with Crippen molar-refractivity contribution in [3.05, 3.63) is 0 Å². The number of piperazine rings is 1. The lowest BCUT2D eigenvalue weighted by Gasteiger charge is -2.43. The fourth-order valence-electron chi connectivity index (χ4n) is 3.80. The molecule has 5 nitrogen and oxygen atoms in total. The van der Waals surface area contributed by atoms with E-state index in [4.69, 9.17) is 0 Å². The Morgan fingerprint density at radius 3 is 2.76 bits per heavy atom. The third-order valence-corrected chi connectivity index (χ3v) is 5.04. The minimum absolute atomic E-state index is 0.176. The molecule has 3 atom stereocenters. The first kappa shape index (κ1) is 16.7.